The summed E-state index contributed by atoms with van der Waals surface area (Å²) in [5.41, 5.74) is 0.750. The average molecular weight is 234 g/mol. The van der Waals surface area contributed by atoms with Gasteiger partial charge in [-0.2, -0.15) is 0 Å². The highest BCUT2D eigenvalue weighted by Gasteiger charge is 2.15. The van der Waals surface area contributed by atoms with Crippen molar-refractivity contribution in [2.45, 2.75) is 32.3 Å². The van der Waals surface area contributed by atoms with E-state index in [9.17, 15) is 4.79 Å². The van der Waals surface area contributed by atoms with Crippen molar-refractivity contribution in [2.75, 3.05) is 13.2 Å². The maximum Gasteiger partial charge on any atom is 0.162 e. The quantitative estimate of drug-likeness (QED) is 0.751. The summed E-state index contributed by atoms with van der Waals surface area (Å²) in [7, 11) is 0. The van der Waals surface area contributed by atoms with Crippen LogP contribution in [0, 0.1) is 0 Å². The fourth-order valence-electron chi connectivity index (χ4n) is 1.92. The third-order valence-corrected chi connectivity index (χ3v) is 2.92. The molecule has 3 heteroatoms. The lowest BCUT2D eigenvalue weighted by Gasteiger charge is -2.23. The molecule has 1 saturated heterocycles. The van der Waals surface area contributed by atoms with Crippen molar-refractivity contribution in [1.82, 2.24) is 0 Å². The van der Waals surface area contributed by atoms with Gasteiger partial charge in [0.1, 0.15) is 11.9 Å². The van der Waals surface area contributed by atoms with Crippen molar-refractivity contribution in [3.8, 4) is 5.75 Å². The number of ether oxygens (including phenoxy) is 2. The Labute approximate surface area is 102 Å². The van der Waals surface area contributed by atoms with Crippen molar-refractivity contribution in [3.63, 3.8) is 0 Å². The maximum atomic E-state index is 11.5. The van der Waals surface area contributed by atoms with E-state index in [-0.39, 0.29) is 11.9 Å². The minimum absolute atomic E-state index is 0.150. The molecule has 3 nitrogen and oxygen atoms in total. The second-order valence-electron chi connectivity index (χ2n) is 4.26. The molecule has 1 aliphatic heterocycles. The van der Waals surface area contributed by atoms with Gasteiger partial charge in [0.2, 0.25) is 0 Å². The Hall–Kier alpha value is -1.35. The maximum absolute atomic E-state index is 11.5. The Bertz CT molecular complexity index is 364. The summed E-state index contributed by atoms with van der Waals surface area (Å²) >= 11 is 0. The smallest absolute Gasteiger partial charge is 0.162 e. The molecule has 1 heterocycles. The minimum Gasteiger partial charge on any atom is -0.488 e. The third-order valence-electron chi connectivity index (χ3n) is 2.92. The van der Waals surface area contributed by atoms with E-state index in [1.807, 2.05) is 31.2 Å². The van der Waals surface area contributed by atoms with Gasteiger partial charge < -0.3 is 9.47 Å². The fraction of sp³-hybridized carbons (Fsp3) is 0.500. The number of hydrogen-bond acceptors (Lipinski definition) is 3. The van der Waals surface area contributed by atoms with Gasteiger partial charge in [-0.25, -0.2) is 0 Å². The van der Waals surface area contributed by atoms with E-state index >= 15 is 0 Å². The van der Waals surface area contributed by atoms with Crippen LogP contribution >= 0.6 is 0 Å². The van der Waals surface area contributed by atoms with Crippen molar-refractivity contribution in [3.05, 3.63) is 29.8 Å². The van der Waals surface area contributed by atoms with Gasteiger partial charge in [-0.15, -0.1) is 0 Å². The minimum atomic E-state index is 0.150. The van der Waals surface area contributed by atoms with Crippen molar-refractivity contribution >= 4 is 5.78 Å². The number of Topliss-reactive ketones (excluding diaryl/α,β-unsaturated/α-hetero) is 1. The van der Waals surface area contributed by atoms with Gasteiger partial charge in [0, 0.05) is 18.6 Å². The van der Waals surface area contributed by atoms with Crippen LogP contribution in [0.15, 0.2) is 24.3 Å². The Kier molecular flexibility index (Phi) is 4.15. The van der Waals surface area contributed by atoms with E-state index in [0.29, 0.717) is 13.0 Å². The standard InChI is InChI=1S/C14H18O3/c1-2-14(15)11-5-7-12(8-6-11)17-13-4-3-9-16-10-13/h5-8,13H,2-4,9-10H2,1H3. The molecule has 0 amide bonds. The molecule has 2 rings (SSSR count). The summed E-state index contributed by atoms with van der Waals surface area (Å²) < 4.78 is 11.1. The molecule has 0 saturated carbocycles. The van der Waals surface area contributed by atoms with Crippen LogP contribution in [0.2, 0.25) is 0 Å². The molecule has 0 spiro atoms. The van der Waals surface area contributed by atoms with Crippen LogP contribution in [0.3, 0.4) is 0 Å². The lowest BCUT2D eigenvalue weighted by Crippen LogP contribution is -2.27. The molecule has 1 aliphatic rings. The molecular weight excluding hydrogens is 216 g/mol. The van der Waals surface area contributed by atoms with Gasteiger partial charge in [-0.1, -0.05) is 6.92 Å². The molecule has 1 atom stereocenters. The van der Waals surface area contributed by atoms with Crippen molar-refractivity contribution in [2.24, 2.45) is 0 Å². The molecule has 0 N–H and O–H groups in total. The molecule has 0 aromatic heterocycles. The third kappa shape index (κ3) is 3.30. The topological polar surface area (TPSA) is 35.5 Å². The van der Waals surface area contributed by atoms with E-state index in [0.717, 1.165) is 30.8 Å². The zero-order valence-corrected chi connectivity index (χ0v) is 10.1. The van der Waals surface area contributed by atoms with Crippen LogP contribution < -0.4 is 4.74 Å². The van der Waals surface area contributed by atoms with Crippen LogP contribution in [-0.2, 0) is 4.74 Å². The molecule has 0 radical (unpaired) electrons. The highest BCUT2D eigenvalue weighted by molar-refractivity contribution is 5.95. The molecule has 1 aromatic carbocycles. The Morgan fingerprint density at radius 3 is 2.76 bits per heavy atom. The summed E-state index contributed by atoms with van der Waals surface area (Å²) in [5.74, 6) is 0.978. The number of carbonyl (C=O) groups is 1. The number of rotatable bonds is 4. The van der Waals surface area contributed by atoms with Crippen molar-refractivity contribution < 1.29 is 14.3 Å². The van der Waals surface area contributed by atoms with Gasteiger partial charge >= 0.3 is 0 Å². The number of benzene rings is 1. The van der Waals surface area contributed by atoms with E-state index in [1.165, 1.54) is 0 Å². The molecular formula is C14H18O3. The van der Waals surface area contributed by atoms with E-state index in [4.69, 9.17) is 9.47 Å². The van der Waals surface area contributed by atoms with Gasteiger partial charge in [0.05, 0.1) is 6.61 Å². The number of hydrogen-bond donors (Lipinski definition) is 0. The Balaban J connectivity index is 1.95. The van der Waals surface area contributed by atoms with Crippen LogP contribution in [0.5, 0.6) is 5.75 Å². The molecule has 0 bridgehead atoms. The first-order chi connectivity index (χ1) is 8.29. The monoisotopic (exact) mass is 234 g/mol. The van der Waals surface area contributed by atoms with Gasteiger partial charge in [0.25, 0.3) is 0 Å². The highest BCUT2D eigenvalue weighted by atomic mass is 16.5. The van der Waals surface area contributed by atoms with Gasteiger partial charge in [0.15, 0.2) is 5.78 Å². The Morgan fingerprint density at radius 2 is 2.18 bits per heavy atom. The van der Waals surface area contributed by atoms with Crippen LogP contribution in [0.1, 0.15) is 36.5 Å². The zero-order chi connectivity index (χ0) is 12.1. The van der Waals surface area contributed by atoms with Crippen LogP contribution in [0.25, 0.3) is 0 Å². The fourth-order valence-corrected chi connectivity index (χ4v) is 1.92. The molecule has 17 heavy (non-hydrogen) atoms. The van der Waals surface area contributed by atoms with Gasteiger partial charge in [-0.05, 0) is 37.1 Å². The lowest BCUT2D eigenvalue weighted by atomic mass is 10.1. The molecule has 1 fully saturated rings. The SMILES string of the molecule is CCC(=O)c1ccc(OC2CCCOC2)cc1. The first-order valence-corrected chi connectivity index (χ1v) is 6.17. The summed E-state index contributed by atoms with van der Waals surface area (Å²) in [6, 6.07) is 7.37. The Morgan fingerprint density at radius 1 is 1.41 bits per heavy atom. The molecule has 1 aromatic rings. The second-order valence-corrected chi connectivity index (χ2v) is 4.26. The molecule has 0 aliphatic carbocycles. The summed E-state index contributed by atoms with van der Waals surface area (Å²) in [4.78, 5) is 11.5. The summed E-state index contributed by atoms with van der Waals surface area (Å²) in [5, 5.41) is 0. The number of ketones is 1. The van der Waals surface area contributed by atoms with Gasteiger partial charge in [-0.3, -0.25) is 4.79 Å². The summed E-state index contributed by atoms with van der Waals surface area (Å²) in [6.45, 7) is 3.37. The second kappa shape index (κ2) is 5.82. The largest absolute Gasteiger partial charge is 0.488 e. The normalized spacial score (nSPS) is 19.9. The van der Waals surface area contributed by atoms with E-state index in [2.05, 4.69) is 0 Å². The molecule has 92 valence electrons. The predicted octanol–water partition coefficient (Wildman–Crippen LogP) is 2.84. The summed E-state index contributed by atoms with van der Waals surface area (Å²) in [6.07, 6.45) is 2.78. The highest BCUT2D eigenvalue weighted by Crippen LogP contribution is 2.18. The van der Waals surface area contributed by atoms with E-state index in [1.54, 1.807) is 0 Å². The van der Waals surface area contributed by atoms with Crippen molar-refractivity contribution in [1.29, 1.82) is 0 Å². The van der Waals surface area contributed by atoms with Crippen LogP contribution in [-0.4, -0.2) is 25.1 Å². The first-order valence-electron chi connectivity index (χ1n) is 6.17. The first kappa shape index (κ1) is 12.1. The zero-order valence-electron chi connectivity index (χ0n) is 10.1. The van der Waals surface area contributed by atoms with E-state index < -0.39 is 0 Å². The number of carbonyl (C=O) groups excluding carboxylic acids is 1. The average Bonchev–Trinajstić information content (AvgIpc) is 2.40. The predicted molar refractivity (Wildman–Crippen MR) is 65.5 cm³/mol. The van der Waals surface area contributed by atoms with Crippen LogP contribution in [0.4, 0.5) is 0 Å². The lowest BCUT2D eigenvalue weighted by molar-refractivity contribution is 0.00743. The molecule has 1 unspecified atom stereocenters.